The minimum atomic E-state index is -4.37. The van der Waals surface area contributed by atoms with E-state index in [0.29, 0.717) is 16.8 Å². The van der Waals surface area contributed by atoms with E-state index in [1.165, 1.54) is 12.1 Å². The largest absolute Gasteiger partial charge is 0.416 e. The van der Waals surface area contributed by atoms with Crippen molar-refractivity contribution in [3.63, 3.8) is 0 Å². The molecule has 2 aromatic rings. The van der Waals surface area contributed by atoms with Gasteiger partial charge in [0.05, 0.1) is 5.56 Å². The van der Waals surface area contributed by atoms with Crippen molar-refractivity contribution in [1.82, 2.24) is 5.32 Å². The van der Waals surface area contributed by atoms with Gasteiger partial charge in [-0.05, 0) is 54.1 Å². The second-order valence-corrected chi connectivity index (χ2v) is 5.99. The Labute approximate surface area is 156 Å². The van der Waals surface area contributed by atoms with Gasteiger partial charge in [0.1, 0.15) is 17.5 Å². The molecule has 0 saturated carbocycles. The molecule has 2 rings (SSSR count). The van der Waals surface area contributed by atoms with Crippen LogP contribution in [0.1, 0.15) is 30.0 Å². The van der Waals surface area contributed by atoms with E-state index in [4.69, 9.17) is 0 Å². The van der Waals surface area contributed by atoms with Crippen LogP contribution in [0.15, 0.2) is 53.2 Å². The van der Waals surface area contributed by atoms with Gasteiger partial charge in [-0.2, -0.15) is 18.4 Å². The molecule has 0 bridgehead atoms. The van der Waals surface area contributed by atoms with Crippen LogP contribution in [0.3, 0.4) is 0 Å². The average Bonchev–Trinajstić information content (AvgIpc) is 2.65. The van der Waals surface area contributed by atoms with Crippen LogP contribution in [0, 0.1) is 11.3 Å². The molecular weight excluding hydrogens is 351 g/mol. The molecule has 3 nitrogen and oxygen atoms in total. The summed E-state index contributed by atoms with van der Waals surface area (Å²) >= 11 is 0. The van der Waals surface area contributed by atoms with Crippen LogP contribution < -0.4 is 5.32 Å². The predicted octanol–water partition coefficient (Wildman–Crippen LogP) is 5.44. The minimum Gasteiger partial charge on any atom is -0.378 e. The van der Waals surface area contributed by atoms with Crippen molar-refractivity contribution in [2.24, 2.45) is 4.99 Å². The molecule has 0 amide bonds. The van der Waals surface area contributed by atoms with Gasteiger partial charge < -0.3 is 5.32 Å². The van der Waals surface area contributed by atoms with Crippen LogP contribution in [0.25, 0.3) is 16.8 Å². The molecule has 0 aromatic heterocycles. The summed E-state index contributed by atoms with van der Waals surface area (Å²) in [7, 11) is 1.62. The van der Waals surface area contributed by atoms with E-state index in [0.717, 1.165) is 36.1 Å². The zero-order valence-corrected chi connectivity index (χ0v) is 15.2. The highest BCUT2D eigenvalue weighted by molar-refractivity contribution is 5.77. The van der Waals surface area contributed by atoms with Crippen molar-refractivity contribution in [2.75, 3.05) is 7.05 Å². The van der Waals surface area contributed by atoms with Crippen LogP contribution in [-0.2, 0) is 12.6 Å². The van der Waals surface area contributed by atoms with E-state index >= 15 is 0 Å². The van der Waals surface area contributed by atoms with E-state index in [-0.39, 0.29) is 5.70 Å². The molecule has 2 aromatic carbocycles. The summed E-state index contributed by atoms with van der Waals surface area (Å²) in [4.78, 5) is 3.98. The van der Waals surface area contributed by atoms with Crippen molar-refractivity contribution in [1.29, 1.82) is 5.26 Å². The number of halogens is 3. The molecule has 0 heterocycles. The number of alkyl halides is 3. The van der Waals surface area contributed by atoms with E-state index < -0.39 is 11.7 Å². The van der Waals surface area contributed by atoms with Crippen LogP contribution in [0.5, 0.6) is 0 Å². The molecule has 0 radical (unpaired) electrons. The molecule has 0 atom stereocenters. The first kappa shape index (κ1) is 20.2. The molecule has 1 N–H and O–H groups in total. The van der Waals surface area contributed by atoms with Crippen LogP contribution in [0.4, 0.5) is 13.2 Å². The van der Waals surface area contributed by atoms with E-state index in [2.05, 4.69) is 17.0 Å². The van der Waals surface area contributed by atoms with Gasteiger partial charge in [-0.1, -0.05) is 31.5 Å². The summed E-state index contributed by atoms with van der Waals surface area (Å²) in [6.07, 6.45) is -2.66. The molecule has 0 unspecified atom stereocenters. The van der Waals surface area contributed by atoms with Gasteiger partial charge >= 0.3 is 6.18 Å². The van der Waals surface area contributed by atoms with E-state index in [1.807, 2.05) is 25.1 Å². The molecule has 0 spiro atoms. The first-order valence-corrected chi connectivity index (χ1v) is 8.44. The van der Waals surface area contributed by atoms with Crippen molar-refractivity contribution >= 4 is 12.4 Å². The Hall–Kier alpha value is -3.07. The molecule has 0 aliphatic carbocycles. The number of allylic oxidation sites excluding steroid dienone is 1. The smallest absolute Gasteiger partial charge is 0.378 e. The Bertz CT molecular complexity index is 888. The van der Waals surface area contributed by atoms with Gasteiger partial charge in [-0.25, -0.2) is 0 Å². The summed E-state index contributed by atoms with van der Waals surface area (Å²) in [5.74, 6) is 0. The number of aliphatic imine (C=N–C) groups is 1. The zero-order chi connectivity index (χ0) is 20.0. The molecule has 0 fully saturated rings. The monoisotopic (exact) mass is 371 g/mol. The average molecular weight is 371 g/mol. The molecule has 0 aliphatic heterocycles. The molecule has 0 saturated heterocycles. The lowest BCUT2D eigenvalue weighted by atomic mass is 9.95. The lowest BCUT2D eigenvalue weighted by Gasteiger charge is -2.13. The third-order valence-corrected chi connectivity index (χ3v) is 4.11. The maximum Gasteiger partial charge on any atom is 0.416 e. The Morgan fingerprint density at radius 1 is 1.15 bits per heavy atom. The Kier molecular flexibility index (Phi) is 6.40. The Morgan fingerprint density at radius 3 is 2.30 bits per heavy atom. The fraction of sp³-hybridized carbons (Fsp3) is 0.238. The lowest BCUT2D eigenvalue weighted by molar-refractivity contribution is -0.137. The quantitative estimate of drug-likeness (QED) is 0.543. The summed E-state index contributed by atoms with van der Waals surface area (Å²) < 4.78 is 38.4. The second kappa shape index (κ2) is 8.54. The molecule has 140 valence electrons. The number of nitriles is 1. The van der Waals surface area contributed by atoms with Crippen LogP contribution >= 0.6 is 0 Å². The highest BCUT2D eigenvalue weighted by Crippen LogP contribution is 2.32. The molecule has 0 aliphatic rings. The molecular formula is C21H20F3N3. The Balaban J connectivity index is 2.61. The lowest BCUT2D eigenvalue weighted by Crippen LogP contribution is -2.06. The number of nitrogens with one attached hydrogen (secondary N) is 1. The summed E-state index contributed by atoms with van der Waals surface area (Å²) in [6, 6.07) is 12.8. The van der Waals surface area contributed by atoms with Crippen molar-refractivity contribution in [3.05, 3.63) is 64.9 Å². The van der Waals surface area contributed by atoms with Crippen molar-refractivity contribution in [2.45, 2.75) is 25.9 Å². The fourth-order valence-electron chi connectivity index (χ4n) is 2.82. The number of hydrogen-bond donors (Lipinski definition) is 1. The van der Waals surface area contributed by atoms with Gasteiger partial charge in [0, 0.05) is 12.6 Å². The summed E-state index contributed by atoms with van der Waals surface area (Å²) in [5.41, 5.74) is 3.12. The van der Waals surface area contributed by atoms with Gasteiger partial charge in [0.25, 0.3) is 0 Å². The number of rotatable bonds is 6. The normalized spacial score (nSPS) is 12.1. The van der Waals surface area contributed by atoms with E-state index in [9.17, 15) is 18.4 Å². The van der Waals surface area contributed by atoms with Gasteiger partial charge in [-0.15, -0.1) is 0 Å². The van der Waals surface area contributed by atoms with Crippen molar-refractivity contribution < 1.29 is 13.2 Å². The standard InChI is InChI=1S/C21H20F3N3/c1-4-5-14-10-16(15-6-8-18(9-7-15)21(22,23)24)12-17(11-14)20(27-3)19(13-25)26-2/h6-12,26H,3-5H2,1-2H3/b20-19-. The molecule has 6 heteroatoms. The maximum absolute atomic E-state index is 12.8. The van der Waals surface area contributed by atoms with Gasteiger partial charge in [0.2, 0.25) is 0 Å². The van der Waals surface area contributed by atoms with Gasteiger partial charge in [-0.3, -0.25) is 4.99 Å². The zero-order valence-electron chi connectivity index (χ0n) is 15.2. The summed E-state index contributed by atoms with van der Waals surface area (Å²) in [6.45, 7) is 5.59. The number of benzene rings is 2. The summed E-state index contributed by atoms with van der Waals surface area (Å²) in [5, 5.41) is 12.1. The fourth-order valence-corrected chi connectivity index (χ4v) is 2.82. The highest BCUT2D eigenvalue weighted by Gasteiger charge is 2.30. The van der Waals surface area contributed by atoms with E-state index in [1.54, 1.807) is 13.1 Å². The third-order valence-electron chi connectivity index (χ3n) is 4.11. The van der Waals surface area contributed by atoms with Crippen LogP contribution in [-0.4, -0.2) is 13.8 Å². The topological polar surface area (TPSA) is 48.2 Å². The van der Waals surface area contributed by atoms with Crippen molar-refractivity contribution in [3.8, 4) is 17.2 Å². The predicted molar refractivity (Wildman–Crippen MR) is 102 cm³/mol. The minimum absolute atomic E-state index is 0.275. The number of hydrogen-bond acceptors (Lipinski definition) is 3. The second-order valence-electron chi connectivity index (χ2n) is 5.99. The third kappa shape index (κ3) is 4.76. The number of nitrogens with zero attached hydrogens (tertiary/aromatic N) is 2. The molecule has 27 heavy (non-hydrogen) atoms. The van der Waals surface area contributed by atoms with Gasteiger partial charge in [0.15, 0.2) is 0 Å². The van der Waals surface area contributed by atoms with Crippen LogP contribution in [0.2, 0.25) is 0 Å². The number of aryl methyl sites for hydroxylation is 1. The highest BCUT2D eigenvalue weighted by atomic mass is 19.4. The first-order valence-electron chi connectivity index (χ1n) is 8.44. The first-order chi connectivity index (χ1) is 12.8. The Morgan fingerprint density at radius 2 is 1.81 bits per heavy atom. The SMILES string of the molecule is C=N/C(=C(/C#N)NC)c1cc(CCC)cc(-c2ccc(C(F)(F)F)cc2)c1. The maximum atomic E-state index is 12.8.